The molecule has 8 heteroatoms. The van der Waals surface area contributed by atoms with Gasteiger partial charge in [0, 0.05) is 17.7 Å². The van der Waals surface area contributed by atoms with E-state index >= 15 is 0 Å². The number of rotatable bonds is 2. The van der Waals surface area contributed by atoms with Gasteiger partial charge >= 0.3 is 6.18 Å². The van der Waals surface area contributed by atoms with Gasteiger partial charge in [-0.25, -0.2) is 0 Å². The lowest BCUT2D eigenvalue weighted by Crippen LogP contribution is -2.41. The quantitative estimate of drug-likeness (QED) is 0.701. The van der Waals surface area contributed by atoms with Gasteiger partial charge in [-0.3, -0.25) is 4.98 Å². The van der Waals surface area contributed by atoms with E-state index in [-0.39, 0.29) is 30.4 Å². The van der Waals surface area contributed by atoms with Crippen LogP contribution in [0.15, 0.2) is 42.6 Å². The fraction of sp³-hybridized carbons (Fsp3) is 0.450. The Morgan fingerprint density at radius 1 is 1.07 bits per heavy atom. The summed E-state index contributed by atoms with van der Waals surface area (Å²) in [6.45, 7) is 2.67. The molecule has 0 amide bonds. The molecule has 2 saturated heterocycles. The van der Waals surface area contributed by atoms with Gasteiger partial charge in [-0.1, -0.05) is 18.2 Å². The predicted octanol–water partition coefficient (Wildman–Crippen LogP) is 5.24. The van der Waals surface area contributed by atoms with Crippen LogP contribution in [0.2, 0.25) is 0 Å². The van der Waals surface area contributed by atoms with E-state index in [0.29, 0.717) is 18.2 Å². The molecule has 0 bridgehead atoms. The van der Waals surface area contributed by atoms with E-state index in [0.717, 1.165) is 50.2 Å². The van der Waals surface area contributed by atoms with Gasteiger partial charge < -0.3 is 10.1 Å². The molecule has 1 N–H and O–H groups in total. The Hall–Kier alpha value is -1.34. The molecule has 2 fully saturated rings. The van der Waals surface area contributed by atoms with Crippen LogP contribution in [0.3, 0.4) is 0 Å². The van der Waals surface area contributed by atoms with Crippen molar-refractivity contribution in [1.82, 2.24) is 10.3 Å². The van der Waals surface area contributed by atoms with Crippen LogP contribution in [-0.2, 0) is 10.9 Å². The largest absolute Gasteiger partial charge is 0.417 e. The molecule has 1 atom stereocenters. The number of hydrogen-bond donors (Lipinski definition) is 1. The third-order valence-corrected chi connectivity index (χ3v) is 5.47. The van der Waals surface area contributed by atoms with Crippen molar-refractivity contribution < 1.29 is 17.9 Å². The van der Waals surface area contributed by atoms with E-state index in [2.05, 4.69) is 16.4 Å². The molecular formula is C20H23Cl2F3N2O. The van der Waals surface area contributed by atoms with E-state index < -0.39 is 11.7 Å². The molecule has 0 radical (unpaired) electrons. The molecule has 154 valence electrons. The summed E-state index contributed by atoms with van der Waals surface area (Å²) in [5, 5.41) is 3.37. The molecule has 0 unspecified atom stereocenters. The van der Waals surface area contributed by atoms with Crippen molar-refractivity contribution in [2.75, 3.05) is 19.7 Å². The number of halogens is 5. The zero-order chi connectivity index (χ0) is 18.2. The first-order valence-electron chi connectivity index (χ1n) is 8.94. The van der Waals surface area contributed by atoms with Crippen LogP contribution in [-0.4, -0.2) is 30.3 Å². The van der Waals surface area contributed by atoms with Crippen LogP contribution in [0, 0.1) is 0 Å². The fourth-order valence-corrected chi connectivity index (χ4v) is 3.97. The SMILES string of the molecule is Cl.Cl.FC(F)(F)c1ccc(-c2cccc([C@@H]3COC4(CCNCC4)C3)c2)nc1. The highest BCUT2D eigenvalue weighted by Crippen LogP contribution is 2.42. The summed E-state index contributed by atoms with van der Waals surface area (Å²) in [4.78, 5) is 4.01. The number of pyridine rings is 1. The van der Waals surface area contributed by atoms with Crippen molar-refractivity contribution in [1.29, 1.82) is 0 Å². The second-order valence-corrected chi connectivity index (χ2v) is 7.20. The van der Waals surface area contributed by atoms with Gasteiger partial charge in [0.25, 0.3) is 0 Å². The monoisotopic (exact) mass is 434 g/mol. The average Bonchev–Trinajstić information content (AvgIpc) is 3.05. The van der Waals surface area contributed by atoms with E-state index in [9.17, 15) is 13.2 Å². The zero-order valence-electron chi connectivity index (χ0n) is 15.2. The van der Waals surface area contributed by atoms with Crippen LogP contribution in [0.5, 0.6) is 0 Å². The molecule has 3 heterocycles. The average molecular weight is 435 g/mol. The first kappa shape index (κ1) is 22.9. The van der Waals surface area contributed by atoms with Gasteiger partial charge in [0.15, 0.2) is 0 Å². The van der Waals surface area contributed by atoms with Crippen molar-refractivity contribution in [3.8, 4) is 11.3 Å². The number of benzene rings is 1. The maximum Gasteiger partial charge on any atom is 0.417 e. The first-order chi connectivity index (χ1) is 12.5. The summed E-state index contributed by atoms with van der Waals surface area (Å²) in [5.74, 6) is 0.322. The molecule has 2 aliphatic rings. The molecule has 1 aromatic carbocycles. The Morgan fingerprint density at radius 3 is 2.46 bits per heavy atom. The molecule has 0 saturated carbocycles. The lowest BCUT2D eigenvalue weighted by Gasteiger charge is -2.33. The number of nitrogens with one attached hydrogen (secondary N) is 1. The smallest absolute Gasteiger partial charge is 0.374 e. The Labute approximate surface area is 174 Å². The predicted molar refractivity (Wildman–Crippen MR) is 107 cm³/mol. The third kappa shape index (κ3) is 4.79. The second-order valence-electron chi connectivity index (χ2n) is 7.20. The van der Waals surface area contributed by atoms with Crippen LogP contribution >= 0.6 is 24.8 Å². The third-order valence-electron chi connectivity index (χ3n) is 5.47. The molecule has 28 heavy (non-hydrogen) atoms. The summed E-state index contributed by atoms with van der Waals surface area (Å²) >= 11 is 0. The molecule has 2 aliphatic heterocycles. The van der Waals surface area contributed by atoms with Crippen LogP contribution in [0.4, 0.5) is 13.2 Å². The lowest BCUT2D eigenvalue weighted by atomic mass is 9.83. The molecule has 4 rings (SSSR count). The van der Waals surface area contributed by atoms with Crippen LogP contribution in [0.1, 0.15) is 36.3 Å². The summed E-state index contributed by atoms with van der Waals surface area (Å²) in [6.07, 6.45) is -0.408. The van der Waals surface area contributed by atoms with Crippen LogP contribution in [0.25, 0.3) is 11.3 Å². The highest BCUT2D eigenvalue weighted by molar-refractivity contribution is 5.85. The minimum absolute atomic E-state index is 0. The Balaban J connectivity index is 0.00000140. The van der Waals surface area contributed by atoms with Crippen molar-refractivity contribution in [3.05, 3.63) is 53.7 Å². The lowest BCUT2D eigenvalue weighted by molar-refractivity contribution is -0.137. The molecule has 2 aromatic rings. The number of ether oxygens (including phenoxy) is 1. The standard InChI is InChI=1S/C20H21F3N2O.2ClH/c21-20(22,23)17-4-5-18(25-12-17)15-3-1-2-14(10-15)16-11-19(26-13-16)6-8-24-9-7-19;;/h1-5,10,12,16,24H,6-9,11,13H2;2*1H/t16-;;/m0../s1. The Bertz CT molecular complexity index is 778. The summed E-state index contributed by atoms with van der Waals surface area (Å²) < 4.78 is 44.3. The minimum Gasteiger partial charge on any atom is -0.374 e. The minimum atomic E-state index is -4.36. The van der Waals surface area contributed by atoms with Crippen LogP contribution < -0.4 is 5.32 Å². The summed E-state index contributed by atoms with van der Waals surface area (Å²) in [6, 6.07) is 10.4. The topological polar surface area (TPSA) is 34.1 Å². The maximum absolute atomic E-state index is 12.7. The van der Waals surface area contributed by atoms with Gasteiger partial charge in [-0.05, 0) is 56.1 Å². The maximum atomic E-state index is 12.7. The number of alkyl halides is 3. The van der Waals surface area contributed by atoms with Gasteiger partial charge in [0.05, 0.1) is 23.5 Å². The number of hydrogen-bond acceptors (Lipinski definition) is 3. The Morgan fingerprint density at radius 2 is 1.82 bits per heavy atom. The van der Waals surface area contributed by atoms with E-state index in [1.807, 2.05) is 18.2 Å². The molecule has 3 nitrogen and oxygen atoms in total. The highest BCUT2D eigenvalue weighted by atomic mass is 35.5. The molecule has 0 aliphatic carbocycles. The molecule has 1 aromatic heterocycles. The van der Waals surface area contributed by atoms with Gasteiger partial charge in [0.2, 0.25) is 0 Å². The van der Waals surface area contributed by atoms with Crippen molar-refractivity contribution in [3.63, 3.8) is 0 Å². The molecule has 1 spiro atoms. The summed E-state index contributed by atoms with van der Waals surface area (Å²) in [5.41, 5.74) is 1.81. The van der Waals surface area contributed by atoms with Crippen molar-refractivity contribution in [2.24, 2.45) is 0 Å². The highest BCUT2D eigenvalue weighted by Gasteiger charge is 2.41. The zero-order valence-corrected chi connectivity index (χ0v) is 16.8. The number of piperidine rings is 1. The second kappa shape index (κ2) is 8.99. The van der Waals surface area contributed by atoms with Crippen molar-refractivity contribution in [2.45, 2.75) is 37.0 Å². The van der Waals surface area contributed by atoms with Crippen molar-refractivity contribution >= 4 is 24.8 Å². The molecular weight excluding hydrogens is 412 g/mol. The van der Waals surface area contributed by atoms with Gasteiger partial charge in [0.1, 0.15) is 0 Å². The van der Waals surface area contributed by atoms with Gasteiger partial charge in [-0.15, -0.1) is 24.8 Å². The van der Waals surface area contributed by atoms with E-state index in [4.69, 9.17) is 4.74 Å². The number of nitrogens with zero attached hydrogens (tertiary/aromatic N) is 1. The first-order valence-corrected chi connectivity index (χ1v) is 8.94. The summed E-state index contributed by atoms with van der Waals surface area (Å²) in [7, 11) is 0. The van der Waals surface area contributed by atoms with E-state index in [1.54, 1.807) is 0 Å². The van der Waals surface area contributed by atoms with Gasteiger partial charge in [-0.2, -0.15) is 13.2 Å². The number of aromatic nitrogens is 1. The Kier molecular flexibility index (Phi) is 7.37. The normalized spacial score (nSPS) is 21.0. The van der Waals surface area contributed by atoms with E-state index in [1.165, 1.54) is 11.6 Å². The fourth-order valence-electron chi connectivity index (χ4n) is 3.97.